The average molecular weight is 679 g/mol. The fourth-order valence-corrected chi connectivity index (χ4v) is 5.22. The number of unbranched alkanes of at least 4 members (excludes halogenated alkanes) is 1. The van der Waals surface area contributed by atoms with Crippen LogP contribution in [0.3, 0.4) is 0 Å². The van der Waals surface area contributed by atoms with Crippen LogP contribution in [0.4, 0.5) is 4.79 Å². The molecule has 0 radical (unpaired) electrons. The lowest BCUT2D eigenvalue weighted by Gasteiger charge is -2.17. The molecule has 2 saturated heterocycles. The molecule has 0 amide bonds. The number of carbonyl (C=O) groups excluding carboxylic acids is 5. The summed E-state index contributed by atoms with van der Waals surface area (Å²) in [5.41, 5.74) is 0.387. The number of fused-ring (bicyclic) bond motifs is 2. The molecule has 2 aliphatic rings. The van der Waals surface area contributed by atoms with Gasteiger partial charge in [0.1, 0.15) is 18.0 Å². The summed E-state index contributed by atoms with van der Waals surface area (Å²) < 4.78 is 48.3. The van der Waals surface area contributed by atoms with Gasteiger partial charge in [-0.05, 0) is 66.1 Å². The minimum absolute atomic E-state index is 0.0804. The number of hydrogen-bond donors (Lipinski definition) is 0. The SMILES string of the molecule is C=CC(=O)OCCCCOC(=O)Oc1ccc2cc(C(=O)Oc3ccc(C(=O)O[C@@H]4COC5C4OC[C@H]5OC(C)=O)cc3OC)ccc2c1. The Balaban J connectivity index is 1.14. The molecule has 2 aliphatic heterocycles. The predicted molar refractivity (Wildman–Crippen MR) is 169 cm³/mol. The maximum atomic E-state index is 13.1. The fraction of sp³-hybridized carbons (Fsp3) is 0.343. The van der Waals surface area contributed by atoms with E-state index in [1.807, 2.05) is 0 Å². The number of benzene rings is 3. The molecule has 4 atom stereocenters. The van der Waals surface area contributed by atoms with Crippen LogP contribution in [0.15, 0.2) is 67.3 Å². The van der Waals surface area contributed by atoms with Crippen LogP contribution < -0.4 is 14.2 Å². The van der Waals surface area contributed by atoms with Crippen molar-refractivity contribution in [1.82, 2.24) is 0 Å². The van der Waals surface area contributed by atoms with Crippen LogP contribution in [-0.2, 0) is 38.0 Å². The smallest absolute Gasteiger partial charge is 0.493 e. The molecule has 0 aliphatic carbocycles. The van der Waals surface area contributed by atoms with Gasteiger partial charge in [0.15, 0.2) is 23.7 Å². The lowest BCUT2D eigenvalue weighted by atomic mass is 10.1. The van der Waals surface area contributed by atoms with Gasteiger partial charge in [-0.2, -0.15) is 0 Å². The van der Waals surface area contributed by atoms with Gasteiger partial charge in [-0.25, -0.2) is 19.2 Å². The molecule has 258 valence electrons. The van der Waals surface area contributed by atoms with Gasteiger partial charge >= 0.3 is 30.0 Å². The van der Waals surface area contributed by atoms with Gasteiger partial charge in [-0.3, -0.25) is 4.79 Å². The molecule has 3 aromatic rings. The molecular weight excluding hydrogens is 644 g/mol. The molecule has 14 nitrogen and oxygen atoms in total. The normalized spacial score (nSPS) is 19.3. The first kappa shape index (κ1) is 34.9. The number of esters is 4. The first-order valence-electron chi connectivity index (χ1n) is 15.3. The van der Waals surface area contributed by atoms with E-state index in [0.717, 1.165) is 6.08 Å². The van der Waals surface area contributed by atoms with Crippen LogP contribution in [-0.4, -0.2) is 88.0 Å². The third kappa shape index (κ3) is 8.91. The number of rotatable bonds is 13. The van der Waals surface area contributed by atoms with Crippen molar-refractivity contribution in [2.24, 2.45) is 0 Å². The first-order chi connectivity index (χ1) is 23.6. The Hall–Kier alpha value is -5.47. The summed E-state index contributed by atoms with van der Waals surface area (Å²) in [4.78, 5) is 60.4. The minimum Gasteiger partial charge on any atom is -0.493 e. The molecule has 0 bridgehead atoms. The molecule has 0 N–H and O–H groups in total. The van der Waals surface area contributed by atoms with Gasteiger partial charge in [-0.1, -0.05) is 18.7 Å². The second-order valence-corrected chi connectivity index (χ2v) is 10.9. The highest BCUT2D eigenvalue weighted by Gasteiger charge is 2.51. The molecular formula is C35H34O14. The van der Waals surface area contributed by atoms with E-state index in [-0.39, 0.29) is 54.8 Å². The monoisotopic (exact) mass is 678 g/mol. The average Bonchev–Trinajstić information content (AvgIpc) is 3.68. The zero-order valence-electron chi connectivity index (χ0n) is 26.7. The van der Waals surface area contributed by atoms with Gasteiger partial charge in [0.05, 0.1) is 44.7 Å². The summed E-state index contributed by atoms with van der Waals surface area (Å²) in [5, 5.41) is 1.37. The first-order valence-corrected chi connectivity index (χ1v) is 15.3. The standard InChI is InChI=1S/C35H34O14/c1-4-30(37)42-13-5-6-14-43-35(40)47-25-11-9-21-15-23(8-7-22(21)16-25)33(38)48-26-12-10-24(17-27(26)41-3)34(39)49-29-19-45-31-28(46-20(2)36)18-44-32(29)31/h4,7-12,15-17,28-29,31-32H,1,5-6,13-14,18-19H2,2-3H3/t28-,29-,31?,32?/m1/s1. The molecule has 2 unspecified atom stereocenters. The van der Waals surface area contributed by atoms with Gasteiger partial charge < -0.3 is 42.6 Å². The summed E-state index contributed by atoms with van der Waals surface area (Å²) in [5.74, 6) is -1.85. The Morgan fingerprint density at radius 1 is 0.755 bits per heavy atom. The Kier molecular flexibility index (Phi) is 11.4. The van der Waals surface area contributed by atoms with Crippen molar-refractivity contribution in [3.63, 3.8) is 0 Å². The number of carbonyl (C=O) groups is 5. The maximum Gasteiger partial charge on any atom is 0.513 e. The summed E-state index contributed by atoms with van der Waals surface area (Å²) >= 11 is 0. The number of hydrogen-bond acceptors (Lipinski definition) is 14. The molecule has 0 saturated carbocycles. The molecule has 2 heterocycles. The Labute approximate surface area is 280 Å². The highest BCUT2D eigenvalue weighted by atomic mass is 16.7. The second-order valence-electron chi connectivity index (χ2n) is 10.9. The molecule has 49 heavy (non-hydrogen) atoms. The summed E-state index contributed by atoms with van der Waals surface area (Å²) in [6.07, 6.45) is -1.20. The van der Waals surface area contributed by atoms with Crippen molar-refractivity contribution in [3.8, 4) is 17.2 Å². The molecule has 5 rings (SSSR count). The molecule has 0 aromatic heterocycles. The highest BCUT2D eigenvalue weighted by molar-refractivity contribution is 5.97. The highest BCUT2D eigenvalue weighted by Crippen LogP contribution is 2.33. The minimum atomic E-state index is -0.880. The topological polar surface area (TPSA) is 168 Å². The van der Waals surface area contributed by atoms with E-state index >= 15 is 0 Å². The summed E-state index contributed by atoms with van der Waals surface area (Å²) in [6.45, 7) is 5.11. The van der Waals surface area contributed by atoms with Crippen molar-refractivity contribution in [3.05, 3.63) is 78.4 Å². The van der Waals surface area contributed by atoms with Crippen LogP contribution in [0, 0.1) is 0 Å². The van der Waals surface area contributed by atoms with Crippen LogP contribution in [0.2, 0.25) is 0 Å². The third-order valence-corrected chi connectivity index (χ3v) is 7.56. The zero-order valence-corrected chi connectivity index (χ0v) is 26.7. The van der Waals surface area contributed by atoms with Crippen molar-refractivity contribution < 1.29 is 66.6 Å². The molecule has 2 fully saturated rings. The molecule has 14 heteroatoms. The fourth-order valence-electron chi connectivity index (χ4n) is 5.22. The van der Waals surface area contributed by atoms with Crippen LogP contribution in [0.5, 0.6) is 17.2 Å². The van der Waals surface area contributed by atoms with Crippen molar-refractivity contribution in [2.45, 2.75) is 44.2 Å². The largest absolute Gasteiger partial charge is 0.513 e. The lowest BCUT2D eigenvalue weighted by molar-refractivity contribution is -0.151. The molecule has 3 aromatic carbocycles. The van der Waals surface area contributed by atoms with Crippen molar-refractivity contribution >= 4 is 40.8 Å². The maximum absolute atomic E-state index is 13.1. The Morgan fingerprint density at radius 3 is 2.08 bits per heavy atom. The van der Waals surface area contributed by atoms with E-state index < -0.39 is 54.4 Å². The summed E-state index contributed by atoms with van der Waals surface area (Å²) in [6, 6.07) is 13.9. The van der Waals surface area contributed by atoms with Crippen LogP contribution in [0.1, 0.15) is 40.5 Å². The van der Waals surface area contributed by atoms with Crippen molar-refractivity contribution in [1.29, 1.82) is 0 Å². The molecule has 0 spiro atoms. The van der Waals surface area contributed by atoms with Gasteiger partial charge in [0.2, 0.25) is 0 Å². The van der Waals surface area contributed by atoms with Gasteiger partial charge in [0.25, 0.3) is 0 Å². The summed E-state index contributed by atoms with van der Waals surface area (Å²) in [7, 11) is 1.37. The zero-order chi connectivity index (χ0) is 34.9. The Morgan fingerprint density at radius 2 is 1.39 bits per heavy atom. The predicted octanol–water partition coefficient (Wildman–Crippen LogP) is 4.35. The van der Waals surface area contributed by atoms with E-state index in [1.165, 1.54) is 32.2 Å². The van der Waals surface area contributed by atoms with E-state index in [4.69, 9.17) is 42.6 Å². The number of methoxy groups -OCH3 is 1. The quantitative estimate of drug-likeness (QED) is 0.0625. The van der Waals surface area contributed by atoms with E-state index in [1.54, 1.807) is 36.4 Å². The van der Waals surface area contributed by atoms with E-state index in [2.05, 4.69) is 6.58 Å². The third-order valence-electron chi connectivity index (χ3n) is 7.56. The van der Waals surface area contributed by atoms with Gasteiger partial charge in [0, 0.05) is 13.0 Å². The van der Waals surface area contributed by atoms with Crippen LogP contribution in [0.25, 0.3) is 10.8 Å². The van der Waals surface area contributed by atoms with Gasteiger partial charge in [-0.15, -0.1) is 0 Å². The second kappa shape index (κ2) is 16.1. The van der Waals surface area contributed by atoms with Crippen LogP contribution >= 0.6 is 0 Å². The van der Waals surface area contributed by atoms with E-state index in [9.17, 15) is 24.0 Å². The lowest BCUT2D eigenvalue weighted by Crippen LogP contribution is -2.35. The van der Waals surface area contributed by atoms with E-state index in [0.29, 0.717) is 23.6 Å². The number of ether oxygens (including phenoxy) is 9. The van der Waals surface area contributed by atoms with Crippen molar-refractivity contribution in [2.75, 3.05) is 33.5 Å². The Bertz CT molecular complexity index is 1730.